The second kappa shape index (κ2) is 7.32. The van der Waals surface area contributed by atoms with E-state index in [1.807, 2.05) is 55.6 Å². The lowest BCUT2D eigenvalue weighted by molar-refractivity contribution is -0.121. The van der Waals surface area contributed by atoms with Crippen molar-refractivity contribution in [3.05, 3.63) is 63.3 Å². The molecular weight excluding hydrogens is 388 g/mol. The highest BCUT2D eigenvalue weighted by molar-refractivity contribution is 9.10. The minimum absolute atomic E-state index is 0.0765. The Labute approximate surface area is 153 Å². The van der Waals surface area contributed by atoms with Gasteiger partial charge in [0.1, 0.15) is 5.76 Å². The molecule has 1 amide bonds. The SMILES string of the molecule is Cc1oc(-c2cccs2)nc1CC(=O)NC(C)c1ccccc1Br. The Morgan fingerprint density at radius 1 is 1.33 bits per heavy atom. The van der Waals surface area contributed by atoms with Crippen LogP contribution in [0.2, 0.25) is 0 Å². The third kappa shape index (κ3) is 3.76. The molecule has 4 nitrogen and oxygen atoms in total. The summed E-state index contributed by atoms with van der Waals surface area (Å²) in [5, 5.41) is 4.98. The lowest BCUT2D eigenvalue weighted by Crippen LogP contribution is -2.28. The van der Waals surface area contributed by atoms with E-state index in [0.29, 0.717) is 17.3 Å². The maximum Gasteiger partial charge on any atom is 0.236 e. The minimum atomic E-state index is -0.0861. The molecule has 1 unspecified atom stereocenters. The zero-order valence-corrected chi connectivity index (χ0v) is 15.8. The summed E-state index contributed by atoms with van der Waals surface area (Å²) in [6.45, 7) is 3.80. The zero-order valence-electron chi connectivity index (χ0n) is 13.4. The third-order valence-electron chi connectivity index (χ3n) is 3.70. The summed E-state index contributed by atoms with van der Waals surface area (Å²) in [6, 6.07) is 11.7. The number of nitrogens with zero attached hydrogens (tertiary/aromatic N) is 1. The molecule has 3 rings (SSSR count). The van der Waals surface area contributed by atoms with Crippen LogP contribution >= 0.6 is 27.3 Å². The first kappa shape index (κ1) is 16.9. The highest BCUT2D eigenvalue weighted by Gasteiger charge is 2.17. The highest BCUT2D eigenvalue weighted by Crippen LogP contribution is 2.26. The molecule has 0 aliphatic heterocycles. The monoisotopic (exact) mass is 404 g/mol. The van der Waals surface area contributed by atoms with E-state index in [1.54, 1.807) is 11.3 Å². The number of halogens is 1. The Kier molecular flexibility index (Phi) is 5.16. The number of thiophene rings is 1. The zero-order chi connectivity index (χ0) is 17.1. The van der Waals surface area contributed by atoms with E-state index < -0.39 is 0 Å². The quantitative estimate of drug-likeness (QED) is 0.657. The second-order valence-corrected chi connectivity index (χ2v) is 7.29. The predicted octanol–water partition coefficient (Wildman–Crippen LogP) is 4.89. The molecule has 1 atom stereocenters. The molecule has 1 aromatic carbocycles. The summed E-state index contributed by atoms with van der Waals surface area (Å²) in [6.07, 6.45) is 0.204. The number of hydrogen-bond donors (Lipinski definition) is 1. The average molecular weight is 405 g/mol. The van der Waals surface area contributed by atoms with Crippen molar-refractivity contribution >= 4 is 33.2 Å². The van der Waals surface area contributed by atoms with Gasteiger partial charge in [-0.2, -0.15) is 0 Å². The minimum Gasteiger partial charge on any atom is -0.440 e. The first-order valence-corrected chi connectivity index (χ1v) is 9.26. The molecule has 1 N–H and O–H groups in total. The molecule has 3 aromatic rings. The predicted molar refractivity (Wildman–Crippen MR) is 99.0 cm³/mol. The Bertz CT molecular complexity index is 843. The molecule has 0 aliphatic carbocycles. The summed E-state index contributed by atoms with van der Waals surface area (Å²) in [4.78, 5) is 17.8. The lowest BCUT2D eigenvalue weighted by Gasteiger charge is -2.15. The van der Waals surface area contributed by atoms with Crippen LogP contribution in [-0.4, -0.2) is 10.9 Å². The van der Waals surface area contributed by atoms with Crippen molar-refractivity contribution in [3.63, 3.8) is 0 Å². The number of amides is 1. The molecule has 0 spiro atoms. The van der Waals surface area contributed by atoms with E-state index in [4.69, 9.17) is 4.42 Å². The fourth-order valence-electron chi connectivity index (χ4n) is 2.45. The van der Waals surface area contributed by atoms with Gasteiger partial charge >= 0.3 is 0 Å². The van der Waals surface area contributed by atoms with Crippen molar-refractivity contribution in [2.45, 2.75) is 26.3 Å². The maximum atomic E-state index is 12.4. The van der Waals surface area contributed by atoms with Crippen LogP contribution in [0.3, 0.4) is 0 Å². The number of aryl methyl sites for hydroxylation is 1. The van der Waals surface area contributed by atoms with Gasteiger partial charge in [0.25, 0.3) is 0 Å². The Morgan fingerprint density at radius 3 is 2.83 bits per heavy atom. The number of nitrogens with one attached hydrogen (secondary N) is 1. The molecule has 0 radical (unpaired) electrons. The second-order valence-electron chi connectivity index (χ2n) is 5.49. The molecule has 0 fully saturated rings. The molecule has 2 heterocycles. The molecule has 124 valence electrons. The van der Waals surface area contributed by atoms with Gasteiger partial charge in [-0.05, 0) is 36.9 Å². The van der Waals surface area contributed by atoms with Crippen molar-refractivity contribution in [3.8, 4) is 10.8 Å². The number of carbonyl (C=O) groups is 1. The molecule has 6 heteroatoms. The summed E-state index contributed by atoms with van der Waals surface area (Å²) in [7, 11) is 0. The van der Waals surface area contributed by atoms with Crippen LogP contribution in [0.5, 0.6) is 0 Å². The fraction of sp³-hybridized carbons (Fsp3) is 0.222. The van der Waals surface area contributed by atoms with E-state index >= 15 is 0 Å². The first-order valence-electron chi connectivity index (χ1n) is 7.58. The van der Waals surface area contributed by atoms with Gasteiger partial charge in [-0.25, -0.2) is 4.98 Å². The number of hydrogen-bond acceptors (Lipinski definition) is 4. The van der Waals surface area contributed by atoms with E-state index in [0.717, 1.165) is 14.9 Å². The molecule has 0 saturated heterocycles. The van der Waals surface area contributed by atoms with Gasteiger partial charge in [0.15, 0.2) is 0 Å². The van der Waals surface area contributed by atoms with Gasteiger partial charge in [-0.15, -0.1) is 11.3 Å². The van der Waals surface area contributed by atoms with Gasteiger partial charge < -0.3 is 9.73 Å². The topological polar surface area (TPSA) is 55.1 Å². The lowest BCUT2D eigenvalue weighted by atomic mass is 10.1. The fourth-order valence-corrected chi connectivity index (χ4v) is 3.72. The number of oxazole rings is 1. The van der Waals surface area contributed by atoms with Gasteiger partial charge in [0.05, 0.1) is 23.0 Å². The molecule has 0 aliphatic rings. The van der Waals surface area contributed by atoms with Crippen LogP contribution in [-0.2, 0) is 11.2 Å². The molecule has 0 saturated carbocycles. The maximum absolute atomic E-state index is 12.4. The van der Waals surface area contributed by atoms with E-state index in [2.05, 4.69) is 26.2 Å². The number of aromatic nitrogens is 1. The number of rotatable bonds is 5. The third-order valence-corrected chi connectivity index (χ3v) is 5.28. The summed E-state index contributed by atoms with van der Waals surface area (Å²) >= 11 is 5.08. The smallest absolute Gasteiger partial charge is 0.236 e. The van der Waals surface area contributed by atoms with E-state index in [-0.39, 0.29) is 18.4 Å². The number of benzene rings is 1. The van der Waals surface area contributed by atoms with Gasteiger partial charge in [0.2, 0.25) is 11.8 Å². The van der Waals surface area contributed by atoms with Crippen LogP contribution < -0.4 is 5.32 Å². The van der Waals surface area contributed by atoms with Crippen molar-refractivity contribution in [2.24, 2.45) is 0 Å². The van der Waals surface area contributed by atoms with Crippen molar-refractivity contribution < 1.29 is 9.21 Å². The first-order chi connectivity index (χ1) is 11.5. The average Bonchev–Trinajstić information content (AvgIpc) is 3.18. The van der Waals surface area contributed by atoms with Crippen molar-refractivity contribution in [2.75, 3.05) is 0 Å². The van der Waals surface area contributed by atoms with Crippen LogP contribution in [0, 0.1) is 6.92 Å². The largest absolute Gasteiger partial charge is 0.440 e. The van der Waals surface area contributed by atoms with E-state index in [9.17, 15) is 4.79 Å². The number of carbonyl (C=O) groups excluding carboxylic acids is 1. The Morgan fingerprint density at radius 2 is 2.12 bits per heavy atom. The summed E-state index contributed by atoms with van der Waals surface area (Å²) in [5.41, 5.74) is 1.72. The summed E-state index contributed by atoms with van der Waals surface area (Å²) in [5.74, 6) is 1.18. The van der Waals surface area contributed by atoms with Gasteiger partial charge in [-0.1, -0.05) is 40.2 Å². The molecule has 2 aromatic heterocycles. The van der Waals surface area contributed by atoms with Crippen molar-refractivity contribution in [1.82, 2.24) is 10.3 Å². The van der Waals surface area contributed by atoms with Crippen LogP contribution in [0.4, 0.5) is 0 Å². The van der Waals surface area contributed by atoms with Gasteiger partial charge in [0, 0.05) is 4.47 Å². The molecule has 0 bridgehead atoms. The van der Waals surface area contributed by atoms with Crippen LogP contribution in [0.25, 0.3) is 10.8 Å². The van der Waals surface area contributed by atoms with Crippen LogP contribution in [0.1, 0.15) is 30.0 Å². The van der Waals surface area contributed by atoms with Gasteiger partial charge in [-0.3, -0.25) is 4.79 Å². The normalized spacial score (nSPS) is 12.1. The van der Waals surface area contributed by atoms with E-state index in [1.165, 1.54) is 0 Å². The molecule has 24 heavy (non-hydrogen) atoms. The highest BCUT2D eigenvalue weighted by atomic mass is 79.9. The Balaban J connectivity index is 1.68. The summed E-state index contributed by atoms with van der Waals surface area (Å²) < 4.78 is 6.66. The van der Waals surface area contributed by atoms with Crippen molar-refractivity contribution in [1.29, 1.82) is 0 Å². The standard InChI is InChI=1S/C18H17BrN2O2S/c1-11(13-6-3-4-7-14(13)19)20-17(22)10-15-12(2)23-18(21-15)16-8-5-9-24-16/h3-9,11H,10H2,1-2H3,(H,20,22). The van der Waals surface area contributed by atoms with Crippen LogP contribution in [0.15, 0.2) is 50.7 Å². The molecular formula is C18H17BrN2O2S. The Hall–Kier alpha value is -1.92.